The van der Waals surface area contributed by atoms with Crippen LogP contribution in [0.15, 0.2) is 76.4 Å². The van der Waals surface area contributed by atoms with Crippen molar-refractivity contribution in [3.8, 4) is 0 Å². The number of amides is 1. The first-order valence-electron chi connectivity index (χ1n) is 12.7. The molecule has 3 fully saturated rings. The first kappa shape index (κ1) is 22.3. The zero-order valence-electron chi connectivity index (χ0n) is 19.6. The minimum absolute atomic E-state index is 0.0324. The molecule has 3 aliphatic carbocycles. The predicted octanol–water partition coefficient (Wildman–Crippen LogP) is 4.85. The van der Waals surface area contributed by atoms with E-state index >= 15 is 0 Å². The third-order valence-electron chi connectivity index (χ3n) is 8.09. The van der Waals surface area contributed by atoms with Crippen LogP contribution in [0.5, 0.6) is 0 Å². The van der Waals surface area contributed by atoms with Gasteiger partial charge in [-0.2, -0.15) is 11.8 Å². The molecule has 35 heavy (non-hydrogen) atoms. The second-order valence-electron chi connectivity index (χ2n) is 10.3. The topological polar surface area (TPSA) is 56.3 Å². The molecule has 1 saturated carbocycles. The van der Waals surface area contributed by atoms with Crippen molar-refractivity contribution in [3.05, 3.63) is 77.1 Å². The maximum absolute atomic E-state index is 13.8. The van der Waals surface area contributed by atoms with Gasteiger partial charge in [0.1, 0.15) is 5.76 Å². The number of epoxide rings is 1. The lowest BCUT2D eigenvalue weighted by Crippen LogP contribution is -2.58. The van der Waals surface area contributed by atoms with Gasteiger partial charge in [0, 0.05) is 40.2 Å². The Balaban J connectivity index is 1.31. The number of carbonyl (C=O) groups excluding carboxylic acids is 1. The average Bonchev–Trinajstić information content (AvgIpc) is 3.79. The number of carbonyl (C=O) groups is 1. The molecule has 1 N–H and O–H groups in total. The van der Waals surface area contributed by atoms with Crippen LogP contribution in [0.3, 0.4) is 0 Å². The third kappa shape index (κ3) is 3.82. The van der Waals surface area contributed by atoms with Gasteiger partial charge in [-0.3, -0.25) is 9.69 Å². The maximum atomic E-state index is 13.8. The zero-order valence-corrected chi connectivity index (χ0v) is 21.3. The quantitative estimate of drug-likeness (QED) is 0.455. The molecule has 1 aromatic rings. The molecule has 1 aromatic carbocycles. The lowest BCUT2D eigenvalue weighted by Gasteiger charge is -2.49. The van der Waals surface area contributed by atoms with Crippen LogP contribution in [0.1, 0.15) is 30.9 Å². The van der Waals surface area contributed by atoms with Gasteiger partial charge in [0.25, 0.3) is 5.91 Å². The summed E-state index contributed by atoms with van der Waals surface area (Å²) in [5.74, 6) is 2.36. The van der Waals surface area contributed by atoms with Gasteiger partial charge < -0.3 is 14.7 Å². The van der Waals surface area contributed by atoms with E-state index in [1.165, 1.54) is 28.9 Å². The monoisotopic (exact) mass is 506 g/mol. The van der Waals surface area contributed by atoms with Crippen LogP contribution in [-0.4, -0.2) is 69.0 Å². The molecule has 0 bridgehead atoms. The molecule has 3 aliphatic heterocycles. The van der Waals surface area contributed by atoms with Gasteiger partial charge >= 0.3 is 0 Å². The molecule has 0 aromatic heterocycles. The Kier molecular flexibility index (Phi) is 5.46. The number of rotatable bonds is 5. The Morgan fingerprint density at radius 1 is 1.26 bits per heavy atom. The summed E-state index contributed by atoms with van der Waals surface area (Å²) in [5, 5.41) is 12.1. The van der Waals surface area contributed by atoms with Crippen molar-refractivity contribution < 1.29 is 14.6 Å². The number of ether oxygens (including phenoxy) is 1. The van der Waals surface area contributed by atoms with Gasteiger partial charge in [0.05, 0.1) is 24.9 Å². The van der Waals surface area contributed by atoms with E-state index in [1.54, 1.807) is 0 Å². The first-order valence-corrected chi connectivity index (χ1v) is 14.7. The smallest absolute Gasteiger partial charge is 0.256 e. The zero-order chi connectivity index (χ0) is 23.6. The summed E-state index contributed by atoms with van der Waals surface area (Å²) >= 11 is 3.89. The fraction of sp³-hybridized carbons (Fsp3) is 0.464. The Labute approximate surface area is 215 Å². The predicted molar refractivity (Wildman–Crippen MR) is 140 cm³/mol. The van der Waals surface area contributed by atoms with Gasteiger partial charge in [-0.15, -0.1) is 11.8 Å². The van der Waals surface area contributed by atoms with E-state index < -0.39 is 5.60 Å². The lowest BCUT2D eigenvalue weighted by atomic mass is 9.79. The number of fused-ring (bicyclic) bond motifs is 3. The number of allylic oxidation sites excluding steroid dienone is 3. The normalized spacial score (nSPS) is 33.8. The molecule has 0 radical (unpaired) electrons. The fourth-order valence-electron chi connectivity index (χ4n) is 5.94. The van der Waals surface area contributed by atoms with Crippen LogP contribution >= 0.6 is 23.5 Å². The summed E-state index contributed by atoms with van der Waals surface area (Å²) < 4.78 is 5.64. The number of hydrogen-bond donors (Lipinski definition) is 1. The maximum Gasteiger partial charge on any atom is 0.256 e. The number of hydrogen-bond acceptors (Lipinski definition) is 6. The highest BCUT2D eigenvalue weighted by molar-refractivity contribution is 8.00. The Bertz CT molecular complexity index is 1180. The molecule has 3 heterocycles. The summed E-state index contributed by atoms with van der Waals surface area (Å²) in [5.41, 5.74) is 2.52. The molecular weight excluding hydrogens is 476 g/mol. The van der Waals surface area contributed by atoms with Gasteiger partial charge in [-0.05, 0) is 37.0 Å². The average molecular weight is 507 g/mol. The Morgan fingerprint density at radius 2 is 2.11 bits per heavy atom. The molecule has 7 heteroatoms. The lowest BCUT2D eigenvalue weighted by molar-refractivity contribution is -0.135. The van der Waals surface area contributed by atoms with Crippen molar-refractivity contribution in [1.29, 1.82) is 0 Å². The van der Waals surface area contributed by atoms with E-state index in [9.17, 15) is 9.90 Å². The second-order valence-corrected chi connectivity index (χ2v) is 12.7. The highest BCUT2D eigenvalue weighted by Gasteiger charge is 2.55. The van der Waals surface area contributed by atoms with Crippen LogP contribution in [-0.2, 0) is 9.53 Å². The highest BCUT2D eigenvalue weighted by atomic mass is 32.2. The van der Waals surface area contributed by atoms with Crippen molar-refractivity contribution in [1.82, 2.24) is 9.80 Å². The number of benzene rings is 1. The minimum atomic E-state index is -0.783. The summed E-state index contributed by atoms with van der Waals surface area (Å²) in [6.07, 6.45) is 14.4. The van der Waals surface area contributed by atoms with Gasteiger partial charge in [0.15, 0.2) is 5.60 Å². The standard InChI is InChI=1S/C28H30N2O3S2/c31-26-24-22(11-12-28(26)16-33-28)30(17-29(27(24)32)13-14-34-19-9-10-19)25-20-6-2-1-5-18(20)15-35-23-8-4-3-7-21(23)25/h1-5,7-8,11-12,19-20,22,25,31H,6,9-10,13-17H2/t20?,22?,25-,28?/m0/s1. The summed E-state index contributed by atoms with van der Waals surface area (Å²) in [4.78, 5) is 19.5. The molecule has 3 unspecified atom stereocenters. The van der Waals surface area contributed by atoms with E-state index in [-0.39, 0.29) is 23.8 Å². The van der Waals surface area contributed by atoms with Crippen LogP contribution < -0.4 is 0 Å². The van der Waals surface area contributed by atoms with E-state index in [1.807, 2.05) is 34.5 Å². The van der Waals surface area contributed by atoms with Crippen molar-refractivity contribution in [2.24, 2.45) is 5.92 Å². The molecule has 4 atom stereocenters. The summed E-state index contributed by atoms with van der Waals surface area (Å²) in [6.45, 7) is 1.72. The summed E-state index contributed by atoms with van der Waals surface area (Å²) in [7, 11) is 0. The Hall–Kier alpha value is -1.93. The van der Waals surface area contributed by atoms with Gasteiger partial charge in [-0.25, -0.2) is 0 Å². The van der Waals surface area contributed by atoms with Crippen molar-refractivity contribution >= 4 is 29.4 Å². The van der Waals surface area contributed by atoms with E-state index in [2.05, 4.69) is 53.5 Å². The fourth-order valence-corrected chi connectivity index (χ4v) is 8.24. The van der Waals surface area contributed by atoms with Crippen LogP contribution in [0.4, 0.5) is 0 Å². The third-order valence-corrected chi connectivity index (χ3v) is 10.6. The van der Waals surface area contributed by atoms with Crippen LogP contribution in [0, 0.1) is 5.92 Å². The molecular formula is C28H30N2O3S2. The number of aliphatic hydroxyl groups excluding tert-OH is 1. The summed E-state index contributed by atoms with van der Waals surface area (Å²) in [6, 6.07) is 8.62. The van der Waals surface area contributed by atoms with Gasteiger partial charge in [0.2, 0.25) is 0 Å². The van der Waals surface area contributed by atoms with Crippen LogP contribution in [0.25, 0.3) is 0 Å². The van der Waals surface area contributed by atoms with Crippen LogP contribution in [0.2, 0.25) is 0 Å². The SMILES string of the molecule is O=C1C2=C(O)C3(C=CC2N([C@@H]2c4ccccc4SCC4=CC=CCC42)CN1CCSC1CC1)CO3. The second kappa shape index (κ2) is 8.58. The molecule has 1 spiro atoms. The molecule has 1 amide bonds. The number of nitrogens with zero attached hydrogens (tertiary/aromatic N) is 2. The van der Waals surface area contributed by atoms with Crippen molar-refractivity contribution in [3.63, 3.8) is 0 Å². The van der Waals surface area contributed by atoms with Crippen molar-refractivity contribution in [2.45, 2.75) is 47.1 Å². The van der Waals surface area contributed by atoms with E-state index in [0.717, 1.165) is 23.2 Å². The number of aliphatic hydroxyl groups is 1. The molecule has 6 aliphatic rings. The molecule has 182 valence electrons. The first-order chi connectivity index (χ1) is 17.1. The molecule has 5 nitrogen and oxygen atoms in total. The van der Waals surface area contributed by atoms with Gasteiger partial charge in [-0.1, -0.05) is 48.1 Å². The molecule has 2 saturated heterocycles. The minimum Gasteiger partial charge on any atom is -0.508 e. The largest absolute Gasteiger partial charge is 0.508 e. The molecule has 7 rings (SSSR count). The van der Waals surface area contributed by atoms with E-state index in [4.69, 9.17) is 4.74 Å². The van der Waals surface area contributed by atoms with Crippen molar-refractivity contribution in [2.75, 3.05) is 31.3 Å². The van der Waals surface area contributed by atoms with E-state index in [0.29, 0.717) is 31.3 Å². The highest BCUT2D eigenvalue weighted by Crippen LogP contribution is 2.50. The Morgan fingerprint density at radius 3 is 2.94 bits per heavy atom. The number of thioether (sulfide) groups is 2.